The molecule has 0 bridgehead atoms. The molecule has 2 aromatic carbocycles. The van der Waals surface area contributed by atoms with E-state index in [0.717, 1.165) is 5.56 Å². The molecule has 3 aromatic heterocycles. The van der Waals surface area contributed by atoms with Crippen molar-refractivity contribution in [2.24, 2.45) is 0 Å². The van der Waals surface area contributed by atoms with Crippen molar-refractivity contribution in [3.8, 4) is 11.5 Å². The average Bonchev–Trinajstić information content (AvgIpc) is 3.39. The minimum Gasteiger partial charge on any atom is -0.463 e. The summed E-state index contributed by atoms with van der Waals surface area (Å²) in [6, 6.07) is 17.6. The van der Waals surface area contributed by atoms with Crippen LogP contribution >= 0.6 is 0 Å². The maximum absolute atomic E-state index is 13.0. The van der Waals surface area contributed by atoms with E-state index in [9.17, 15) is 14.4 Å². The van der Waals surface area contributed by atoms with Crippen LogP contribution in [0.4, 0.5) is 0 Å². The van der Waals surface area contributed by atoms with Gasteiger partial charge in [0.2, 0.25) is 0 Å². The standard InChI is InChI=1S/C25H19N5O4/c1-15-6-4-8-17-23(15)26-14-30(25(17)33)13-22(31)28-29-24(32)18-12-20(21-10-5-11-34-21)27-19-9-3-2-7-16(18)19/h2-12,14H,13H2,1H3,(H,28,31)(H,29,32). The summed E-state index contributed by atoms with van der Waals surface area (Å²) < 4.78 is 6.61. The summed E-state index contributed by atoms with van der Waals surface area (Å²) in [5.41, 5.74) is 7.33. The van der Waals surface area contributed by atoms with E-state index >= 15 is 0 Å². The fourth-order valence-corrected chi connectivity index (χ4v) is 3.75. The molecule has 0 unspecified atom stereocenters. The molecule has 168 valence electrons. The lowest BCUT2D eigenvalue weighted by atomic mass is 10.1. The molecule has 0 fully saturated rings. The summed E-state index contributed by atoms with van der Waals surface area (Å²) in [5, 5.41) is 1.04. The van der Waals surface area contributed by atoms with Crippen LogP contribution in [-0.2, 0) is 11.3 Å². The molecule has 0 atom stereocenters. The van der Waals surface area contributed by atoms with Crippen molar-refractivity contribution < 1.29 is 14.0 Å². The van der Waals surface area contributed by atoms with Crippen LogP contribution in [-0.4, -0.2) is 26.3 Å². The molecular formula is C25H19N5O4. The number of rotatable bonds is 4. The highest BCUT2D eigenvalue weighted by Crippen LogP contribution is 2.25. The van der Waals surface area contributed by atoms with Gasteiger partial charge in [-0.05, 0) is 42.8 Å². The first-order valence-electron chi connectivity index (χ1n) is 10.5. The number of furan rings is 1. The van der Waals surface area contributed by atoms with Gasteiger partial charge in [0.25, 0.3) is 17.4 Å². The van der Waals surface area contributed by atoms with Gasteiger partial charge in [0.05, 0.1) is 34.6 Å². The summed E-state index contributed by atoms with van der Waals surface area (Å²) in [6.45, 7) is 1.56. The second kappa shape index (κ2) is 8.62. The molecule has 2 N–H and O–H groups in total. The van der Waals surface area contributed by atoms with Crippen LogP contribution in [0.1, 0.15) is 15.9 Å². The Morgan fingerprint density at radius 2 is 1.82 bits per heavy atom. The number of hydrogen-bond acceptors (Lipinski definition) is 6. The number of carbonyl (C=O) groups excluding carboxylic acids is 2. The predicted molar refractivity (Wildman–Crippen MR) is 126 cm³/mol. The zero-order chi connectivity index (χ0) is 23.7. The monoisotopic (exact) mass is 453 g/mol. The SMILES string of the molecule is Cc1cccc2c(=O)n(CC(=O)NNC(=O)c3cc(-c4ccco4)nc4ccccc34)cnc12. The first-order chi connectivity index (χ1) is 16.5. The number of aromatic nitrogens is 3. The molecule has 0 spiro atoms. The number of nitrogens with one attached hydrogen (secondary N) is 2. The Labute approximate surface area is 193 Å². The Hall–Kier alpha value is -4.79. The quantitative estimate of drug-likeness (QED) is 0.404. The highest BCUT2D eigenvalue weighted by atomic mass is 16.3. The molecular weight excluding hydrogens is 434 g/mol. The van der Waals surface area contributed by atoms with Gasteiger partial charge < -0.3 is 4.42 Å². The summed E-state index contributed by atoms with van der Waals surface area (Å²) >= 11 is 0. The van der Waals surface area contributed by atoms with Gasteiger partial charge in [-0.2, -0.15) is 0 Å². The van der Waals surface area contributed by atoms with Crippen LogP contribution < -0.4 is 16.4 Å². The Morgan fingerprint density at radius 1 is 1.00 bits per heavy atom. The topological polar surface area (TPSA) is 119 Å². The lowest BCUT2D eigenvalue weighted by molar-refractivity contribution is -0.122. The van der Waals surface area contributed by atoms with Crippen LogP contribution in [0, 0.1) is 6.92 Å². The van der Waals surface area contributed by atoms with Crippen LogP contribution in [0.15, 0.2) is 82.5 Å². The third-order valence-electron chi connectivity index (χ3n) is 5.42. The normalized spacial score (nSPS) is 11.0. The molecule has 0 aliphatic rings. The lowest BCUT2D eigenvalue weighted by Gasteiger charge is -2.11. The van der Waals surface area contributed by atoms with Crippen molar-refractivity contribution in [2.45, 2.75) is 13.5 Å². The second-order valence-electron chi connectivity index (χ2n) is 7.70. The number of carbonyl (C=O) groups is 2. The number of nitrogens with zero attached hydrogens (tertiary/aromatic N) is 3. The zero-order valence-electron chi connectivity index (χ0n) is 18.1. The Kier molecular flexibility index (Phi) is 5.35. The Bertz CT molecular complexity index is 1610. The minimum atomic E-state index is -0.575. The van der Waals surface area contributed by atoms with Crippen molar-refractivity contribution >= 4 is 33.6 Å². The first-order valence-corrected chi connectivity index (χ1v) is 10.5. The number of fused-ring (bicyclic) bond motifs is 2. The van der Waals surface area contributed by atoms with Gasteiger partial charge in [-0.1, -0.05) is 30.3 Å². The Morgan fingerprint density at radius 3 is 2.65 bits per heavy atom. The van der Waals surface area contributed by atoms with Crippen molar-refractivity contribution in [3.05, 3.63) is 94.7 Å². The highest BCUT2D eigenvalue weighted by Gasteiger charge is 2.16. The fraction of sp³-hybridized carbons (Fsp3) is 0.0800. The second-order valence-corrected chi connectivity index (χ2v) is 7.70. The first kappa shape index (κ1) is 21.1. The van der Waals surface area contributed by atoms with Crippen molar-refractivity contribution in [1.82, 2.24) is 25.4 Å². The fourth-order valence-electron chi connectivity index (χ4n) is 3.75. The summed E-state index contributed by atoms with van der Waals surface area (Å²) in [6.07, 6.45) is 2.85. The van der Waals surface area contributed by atoms with Crippen LogP contribution in [0.5, 0.6) is 0 Å². The van der Waals surface area contributed by atoms with Crippen molar-refractivity contribution in [1.29, 1.82) is 0 Å². The van der Waals surface area contributed by atoms with Gasteiger partial charge >= 0.3 is 0 Å². The molecule has 0 saturated carbocycles. The highest BCUT2D eigenvalue weighted by molar-refractivity contribution is 6.07. The van der Waals surface area contributed by atoms with Gasteiger partial charge in [-0.25, -0.2) is 9.97 Å². The van der Waals surface area contributed by atoms with Gasteiger partial charge in [-0.15, -0.1) is 0 Å². The van der Waals surface area contributed by atoms with E-state index in [1.807, 2.05) is 19.1 Å². The van der Waals surface area contributed by atoms with Crippen LogP contribution in [0.2, 0.25) is 0 Å². The largest absolute Gasteiger partial charge is 0.463 e. The van der Waals surface area contributed by atoms with Gasteiger partial charge in [0.15, 0.2) is 5.76 Å². The van der Waals surface area contributed by atoms with Crippen molar-refractivity contribution in [3.63, 3.8) is 0 Å². The van der Waals surface area contributed by atoms with E-state index in [0.29, 0.717) is 38.8 Å². The summed E-state index contributed by atoms with van der Waals surface area (Å²) in [4.78, 5) is 47.0. The zero-order valence-corrected chi connectivity index (χ0v) is 18.1. The molecule has 0 saturated heterocycles. The molecule has 3 heterocycles. The molecule has 0 aliphatic carbocycles. The predicted octanol–water partition coefficient (Wildman–Crippen LogP) is 2.97. The van der Waals surface area contributed by atoms with E-state index in [1.54, 1.807) is 48.5 Å². The maximum atomic E-state index is 13.0. The minimum absolute atomic E-state index is 0.301. The number of hydrazine groups is 1. The molecule has 5 aromatic rings. The maximum Gasteiger partial charge on any atom is 0.270 e. The van der Waals surface area contributed by atoms with Crippen molar-refractivity contribution in [2.75, 3.05) is 0 Å². The number of para-hydroxylation sites is 2. The third-order valence-corrected chi connectivity index (χ3v) is 5.42. The van der Waals surface area contributed by atoms with E-state index in [2.05, 4.69) is 20.8 Å². The van der Waals surface area contributed by atoms with E-state index in [4.69, 9.17) is 4.42 Å². The van der Waals surface area contributed by atoms with E-state index in [1.165, 1.54) is 17.2 Å². The third kappa shape index (κ3) is 3.90. The molecule has 0 radical (unpaired) electrons. The van der Waals surface area contributed by atoms with Gasteiger partial charge in [0, 0.05) is 5.39 Å². The smallest absolute Gasteiger partial charge is 0.270 e. The van der Waals surface area contributed by atoms with Crippen LogP contribution in [0.25, 0.3) is 33.3 Å². The number of benzene rings is 2. The number of pyridine rings is 1. The number of amides is 2. The van der Waals surface area contributed by atoms with Gasteiger partial charge in [0.1, 0.15) is 12.2 Å². The van der Waals surface area contributed by atoms with Crippen LogP contribution in [0.3, 0.4) is 0 Å². The lowest BCUT2D eigenvalue weighted by Crippen LogP contribution is -2.44. The van der Waals surface area contributed by atoms with E-state index < -0.39 is 11.8 Å². The van der Waals surface area contributed by atoms with Gasteiger partial charge in [-0.3, -0.25) is 29.8 Å². The summed E-state index contributed by atoms with van der Waals surface area (Å²) in [5.74, 6) is -0.588. The Balaban J connectivity index is 1.36. The number of hydrogen-bond donors (Lipinski definition) is 2. The average molecular weight is 453 g/mol. The molecule has 34 heavy (non-hydrogen) atoms. The summed E-state index contributed by atoms with van der Waals surface area (Å²) in [7, 11) is 0. The molecule has 5 rings (SSSR count). The van der Waals surface area contributed by atoms with E-state index in [-0.39, 0.29) is 12.1 Å². The molecule has 0 aliphatic heterocycles. The molecule has 9 nitrogen and oxygen atoms in total. The molecule has 9 heteroatoms. The molecule has 2 amide bonds. The number of aryl methyl sites for hydroxylation is 1.